The van der Waals surface area contributed by atoms with Crippen molar-refractivity contribution in [3.8, 4) is 0 Å². The molecule has 1 rings (SSSR count). The SMILES string of the molecule is CCCNc1ccc(S(C)(=O)=O)cc1S(N)(=O)=O. The number of benzene rings is 1. The Morgan fingerprint density at radius 2 is 1.83 bits per heavy atom. The zero-order valence-electron chi connectivity index (χ0n) is 10.2. The van der Waals surface area contributed by atoms with Crippen LogP contribution in [-0.2, 0) is 19.9 Å². The number of nitrogens with one attached hydrogen (secondary N) is 1. The standard InChI is InChI=1S/C10H16N2O4S2/c1-3-6-12-9-5-4-8(17(2,13)14)7-10(9)18(11,15)16/h4-5,7,12H,3,6H2,1-2H3,(H2,11,15,16). The van der Waals surface area contributed by atoms with E-state index in [0.29, 0.717) is 12.2 Å². The number of sulfone groups is 1. The van der Waals surface area contributed by atoms with Gasteiger partial charge in [0.25, 0.3) is 0 Å². The molecular weight excluding hydrogens is 276 g/mol. The lowest BCUT2D eigenvalue weighted by Gasteiger charge is -2.11. The summed E-state index contributed by atoms with van der Waals surface area (Å²) < 4.78 is 45.6. The van der Waals surface area contributed by atoms with Gasteiger partial charge in [0.05, 0.1) is 10.6 Å². The van der Waals surface area contributed by atoms with Crippen LogP contribution in [0, 0.1) is 0 Å². The summed E-state index contributed by atoms with van der Waals surface area (Å²) in [4.78, 5) is -0.285. The maximum atomic E-state index is 11.4. The minimum Gasteiger partial charge on any atom is -0.384 e. The minimum absolute atomic E-state index is 0.0754. The molecule has 0 saturated carbocycles. The van der Waals surface area contributed by atoms with E-state index in [4.69, 9.17) is 5.14 Å². The van der Waals surface area contributed by atoms with Crippen LogP contribution in [0.15, 0.2) is 28.0 Å². The molecule has 0 spiro atoms. The van der Waals surface area contributed by atoms with Crippen molar-refractivity contribution in [3.63, 3.8) is 0 Å². The van der Waals surface area contributed by atoms with Crippen molar-refractivity contribution in [2.24, 2.45) is 5.14 Å². The van der Waals surface area contributed by atoms with Crippen LogP contribution >= 0.6 is 0 Å². The van der Waals surface area contributed by atoms with Gasteiger partial charge in [-0.05, 0) is 24.6 Å². The van der Waals surface area contributed by atoms with Crippen molar-refractivity contribution in [1.82, 2.24) is 0 Å². The molecule has 0 bridgehead atoms. The fraction of sp³-hybridized carbons (Fsp3) is 0.400. The van der Waals surface area contributed by atoms with Crippen molar-refractivity contribution in [2.75, 3.05) is 18.1 Å². The second-order valence-corrected chi connectivity index (χ2v) is 7.45. The van der Waals surface area contributed by atoms with Crippen LogP contribution in [0.4, 0.5) is 5.69 Å². The highest BCUT2D eigenvalue weighted by Crippen LogP contribution is 2.24. The first kappa shape index (κ1) is 14.9. The van der Waals surface area contributed by atoms with Crippen LogP contribution in [0.3, 0.4) is 0 Å². The fourth-order valence-electron chi connectivity index (χ4n) is 1.37. The monoisotopic (exact) mass is 292 g/mol. The average Bonchev–Trinajstić information content (AvgIpc) is 2.23. The van der Waals surface area contributed by atoms with Crippen molar-refractivity contribution < 1.29 is 16.8 Å². The molecule has 0 aliphatic rings. The highest BCUT2D eigenvalue weighted by molar-refractivity contribution is 7.91. The van der Waals surface area contributed by atoms with Crippen LogP contribution in [0.1, 0.15) is 13.3 Å². The molecule has 1 aromatic rings. The Morgan fingerprint density at radius 1 is 1.22 bits per heavy atom. The van der Waals surface area contributed by atoms with Gasteiger partial charge in [0.1, 0.15) is 4.90 Å². The normalized spacial score (nSPS) is 12.4. The van der Waals surface area contributed by atoms with Crippen LogP contribution < -0.4 is 10.5 Å². The summed E-state index contributed by atoms with van der Waals surface area (Å²) in [6.45, 7) is 2.50. The van der Waals surface area contributed by atoms with E-state index >= 15 is 0 Å². The van der Waals surface area contributed by atoms with Crippen LogP contribution in [-0.4, -0.2) is 29.6 Å². The Balaban J connectivity index is 3.40. The summed E-state index contributed by atoms with van der Waals surface area (Å²) in [6.07, 6.45) is 1.81. The maximum absolute atomic E-state index is 11.4. The van der Waals surface area contributed by atoms with Gasteiger partial charge in [0, 0.05) is 12.8 Å². The Kier molecular flexibility index (Phi) is 4.36. The highest BCUT2D eigenvalue weighted by Gasteiger charge is 2.17. The number of anilines is 1. The van der Waals surface area contributed by atoms with Crippen molar-refractivity contribution >= 4 is 25.5 Å². The summed E-state index contributed by atoms with van der Waals surface area (Å²) in [5.74, 6) is 0. The summed E-state index contributed by atoms with van der Waals surface area (Å²) in [5, 5.41) is 7.97. The molecule has 0 fully saturated rings. The topological polar surface area (TPSA) is 106 Å². The number of nitrogens with two attached hydrogens (primary N) is 1. The first-order valence-electron chi connectivity index (χ1n) is 5.27. The molecule has 102 valence electrons. The second kappa shape index (κ2) is 5.25. The maximum Gasteiger partial charge on any atom is 0.240 e. The molecule has 0 unspecified atom stereocenters. The molecule has 0 aliphatic heterocycles. The molecule has 8 heteroatoms. The van der Waals surface area contributed by atoms with Crippen LogP contribution in [0.25, 0.3) is 0 Å². The highest BCUT2D eigenvalue weighted by atomic mass is 32.2. The number of hydrogen-bond acceptors (Lipinski definition) is 5. The molecule has 0 amide bonds. The van der Waals surface area contributed by atoms with E-state index < -0.39 is 19.9 Å². The predicted octanol–water partition coefficient (Wildman–Crippen LogP) is 0.559. The molecule has 0 heterocycles. The molecule has 0 radical (unpaired) electrons. The van der Waals surface area contributed by atoms with Crippen molar-refractivity contribution in [3.05, 3.63) is 18.2 Å². The zero-order valence-corrected chi connectivity index (χ0v) is 11.8. The number of primary sulfonamides is 1. The second-order valence-electron chi connectivity index (χ2n) is 3.90. The van der Waals surface area contributed by atoms with E-state index in [0.717, 1.165) is 18.7 Å². The predicted molar refractivity (Wildman–Crippen MR) is 69.7 cm³/mol. The molecular formula is C10H16N2O4S2. The third kappa shape index (κ3) is 3.69. The Bertz CT molecular complexity index is 636. The zero-order chi connectivity index (χ0) is 14.0. The van der Waals surface area contributed by atoms with Gasteiger partial charge < -0.3 is 5.32 Å². The third-order valence-corrected chi connectivity index (χ3v) is 4.31. The summed E-state index contributed by atoms with van der Waals surface area (Å²) in [6, 6.07) is 3.83. The summed E-state index contributed by atoms with van der Waals surface area (Å²) in [5.41, 5.74) is 0.312. The molecule has 3 N–H and O–H groups in total. The van der Waals surface area contributed by atoms with E-state index in [1.807, 2.05) is 6.92 Å². The smallest absolute Gasteiger partial charge is 0.240 e. The van der Waals surface area contributed by atoms with Gasteiger partial charge in [-0.2, -0.15) is 0 Å². The number of rotatable bonds is 5. The lowest BCUT2D eigenvalue weighted by Crippen LogP contribution is -2.16. The average molecular weight is 292 g/mol. The van der Waals surface area contributed by atoms with Crippen molar-refractivity contribution in [2.45, 2.75) is 23.1 Å². The van der Waals surface area contributed by atoms with Gasteiger partial charge in [-0.1, -0.05) is 6.92 Å². The van der Waals surface area contributed by atoms with Gasteiger partial charge in [-0.15, -0.1) is 0 Å². The molecule has 0 saturated heterocycles. The quantitative estimate of drug-likeness (QED) is 0.824. The molecule has 0 aromatic heterocycles. The van der Waals surface area contributed by atoms with Crippen LogP contribution in [0.5, 0.6) is 0 Å². The fourth-order valence-corrected chi connectivity index (χ4v) is 2.83. The van der Waals surface area contributed by atoms with Gasteiger partial charge in [-0.25, -0.2) is 22.0 Å². The Labute approximate surface area is 107 Å². The summed E-state index contributed by atoms with van der Waals surface area (Å²) >= 11 is 0. The molecule has 6 nitrogen and oxygen atoms in total. The minimum atomic E-state index is -3.97. The first-order chi connectivity index (χ1) is 8.16. The van der Waals surface area contributed by atoms with Gasteiger partial charge in [-0.3, -0.25) is 0 Å². The molecule has 1 aromatic carbocycles. The van der Waals surface area contributed by atoms with Gasteiger partial charge in [0.2, 0.25) is 10.0 Å². The van der Waals surface area contributed by atoms with E-state index in [2.05, 4.69) is 5.32 Å². The van der Waals surface area contributed by atoms with E-state index in [-0.39, 0.29) is 9.79 Å². The lowest BCUT2D eigenvalue weighted by atomic mass is 10.3. The largest absolute Gasteiger partial charge is 0.384 e. The van der Waals surface area contributed by atoms with Gasteiger partial charge >= 0.3 is 0 Å². The first-order valence-corrected chi connectivity index (χ1v) is 8.71. The van der Waals surface area contributed by atoms with Gasteiger partial charge in [0.15, 0.2) is 9.84 Å². The van der Waals surface area contributed by atoms with Crippen LogP contribution in [0.2, 0.25) is 0 Å². The van der Waals surface area contributed by atoms with E-state index in [1.165, 1.54) is 12.1 Å². The Hall–Kier alpha value is -1.12. The number of hydrogen-bond donors (Lipinski definition) is 2. The Morgan fingerprint density at radius 3 is 2.28 bits per heavy atom. The third-order valence-electron chi connectivity index (χ3n) is 2.25. The van der Waals surface area contributed by atoms with E-state index in [1.54, 1.807) is 0 Å². The molecule has 0 atom stereocenters. The molecule has 18 heavy (non-hydrogen) atoms. The van der Waals surface area contributed by atoms with Crippen molar-refractivity contribution in [1.29, 1.82) is 0 Å². The lowest BCUT2D eigenvalue weighted by molar-refractivity contribution is 0.597. The number of sulfonamides is 1. The summed E-state index contributed by atoms with van der Waals surface area (Å²) in [7, 11) is -7.44. The van der Waals surface area contributed by atoms with E-state index in [9.17, 15) is 16.8 Å². The molecule has 0 aliphatic carbocycles.